The van der Waals surface area contributed by atoms with E-state index in [-0.39, 0.29) is 5.97 Å². The van der Waals surface area contributed by atoms with E-state index in [1.165, 1.54) is 43.4 Å². The van der Waals surface area contributed by atoms with Crippen LogP contribution in [0.3, 0.4) is 0 Å². The molecule has 2 heterocycles. The van der Waals surface area contributed by atoms with Crippen molar-refractivity contribution in [3.05, 3.63) is 34.2 Å². The summed E-state index contributed by atoms with van der Waals surface area (Å²) < 4.78 is 5.21. The predicted octanol–water partition coefficient (Wildman–Crippen LogP) is 3.52. The summed E-state index contributed by atoms with van der Waals surface area (Å²) in [5.41, 5.74) is 0.491. The third-order valence-corrected chi connectivity index (χ3v) is 4.25. The molecule has 2 aliphatic rings. The molecule has 4 heteroatoms. The van der Waals surface area contributed by atoms with Crippen LogP contribution in [0.1, 0.15) is 37.0 Å². The van der Waals surface area contributed by atoms with Gasteiger partial charge in [0.25, 0.3) is 0 Å². The summed E-state index contributed by atoms with van der Waals surface area (Å²) in [6.07, 6.45) is 8.16. The molecule has 3 nitrogen and oxygen atoms in total. The van der Waals surface area contributed by atoms with Crippen LogP contribution in [-0.2, 0) is 9.53 Å². The maximum Gasteiger partial charge on any atom is 0.363 e. The number of thiophene rings is 1. The highest BCUT2D eigenvalue weighted by atomic mass is 32.1. The van der Waals surface area contributed by atoms with Crippen LogP contribution in [0.15, 0.2) is 34.3 Å². The summed E-state index contributed by atoms with van der Waals surface area (Å²) in [6, 6.07) is 3.85. The Balaban J connectivity index is 1.79. The monoisotopic (exact) mass is 261 g/mol. The molecular weight excluding hydrogens is 246 g/mol. The van der Waals surface area contributed by atoms with E-state index in [4.69, 9.17) is 4.74 Å². The molecule has 18 heavy (non-hydrogen) atoms. The van der Waals surface area contributed by atoms with Gasteiger partial charge in [0.15, 0.2) is 0 Å². The van der Waals surface area contributed by atoms with Gasteiger partial charge in [0.2, 0.25) is 5.90 Å². The fourth-order valence-corrected chi connectivity index (χ4v) is 3.10. The van der Waals surface area contributed by atoms with Crippen molar-refractivity contribution >= 4 is 23.2 Å². The van der Waals surface area contributed by atoms with Crippen molar-refractivity contribution in [1.29, 1.82) is 0 Å². The van der Waals surface area contributed by atoms with Gasteiger partial charge in [-0.1, -0.05) is 25.3 Å². The van der Waals surface area contributed by atoms with E-state index in [0.717, 1.165) is 4.88 Å². The summed E-state index contributed by atoms with van der Waals surface area (Å²) in [5, 5.41) is 1.95. The number of cyclic esters (lactones) is 1. The van der Waals surface area contributed by atoms with E-state index in [1.54, 1.807) is 0 Å². The smallest absolute Gasteiger partial charge is 0.363 e. The number of allylic oxidation sites excluding steroid dienone is 1. The highest BCUT2D eigenvalue weighted by Gasteiger charge is 2.26. The molecule has 1 aliphatic heterocycles. The lowest BCUT2D eigenvalue weighted by molar-refractivity contribution is -0.130. The Morgan fingerprint density at radius 3 is 2.89 bits per heavy atom. The van der Waals surface area contributed by atoms with Gasteiger partial charge in [-0.2, -0.15) is 0 Å². The highest BCUT2D eigenvalue weighted by molar-refractivity contribution is 7.12. The van der Waals surface area contributed by atoms with Crippen LogP contribution in [0, 0.1) is 5.92 Å². The number of ether oxygens (including phenoxy) is 1. The van der Waals surface area contributed by atoms with E-state index >= 15 is 0 Å². The average molecular weight is 261 g/mol. The van der Waals surface area contributed by atoms with E-state index in [0.29, 0.717) is 17.5 Å². The minimum Gasteiger partial charge on any atom is -0.401 e. The molecule has 0 bridgehead atoms. The van der Waals surface area contributed by atoms with Crippen molar-refractivity contribution < 1.29 is 9.53 Å². The second kappa shape index (κ2) is 5.06. The van der Waals surface area contributed by atoms with Crippen molar-refractivity contribution in [2.24, 2.45) is 10.9 Å². The van der Waals surface area contributed by atoms with Crippen LogP contribution < -0.4 is 0 Å². The van der Waals surface area contributed by atoms with Crippen LogP contribution in [0.2, 0.25) is 0 Å². The summed E-state index contributed by atoms with van der Waals surface area (Å²) in [4.78, 5) is 17.0. The van der Waals surface area contributed by atoms with Crippen LogP contribution in [0.5, 0.6) is 0 Å². The van der Waals surface area contributed by atoms with Gasteiger partial charge in [0, 0.05) is 0 Å². The van der Waals surface area contributed by atoms with Crippen molar-refractivity contribution in [2.45, 2.75) is 32.1 Å². The van der Waals surface area contributed by atoms with E-state index in [2.05, 4.69) is 4.99 Å². The van der Waals surface area contributed by atoms with E-state index in [1.807, 2.05) is 23.6 Å². The lowest BCUT2D eigenvalue weighted by Gasteiger charge is -2.17. The van der Waals surface area contributed by atoms with E-state index < -0.39 is 0 Å². The highest BCUT2D eigenvalue weighted by Crippen LogP contribution is 2.28. The molecule has 1 aliphatic carbocycles. The van der Waals surface area contributed by atoms with Gasteiger partial charge in [-0.05, 0) is 36.3 Å². The van der Waals surface area contributed by atoms with Crippen LogP contribution in [0.25, 0.3) is 0 Å². The number of carbonyl (C=O) groups is 1. The molecule has 0 saturated heterocycles. The zero-order valence-corrected chi connectivity index (χ0v) is 10.9. The maximum atomic E-state index is 11.8. The number of esters is 1. The standard InChI is InChI=1S/C14H15NO2S/c16-14-11(9-10-5-2-1-3-6-10)15-13(17-14)12-7-4-8-18-12/h4,7-10H,1-3,5-6H2/b11-9+. The molecule has 3 rings (SSSR count). The molecule has 0 unspecified atom stereocenters. The van der Waals surface area contributed by atoms with Crippen molar-refractivity contribution in [3.8, 4) is 0 Å². The van der Waals surface area contributed by atoms with Gasteiger partial charge in [-0.3, -0.25) is 0 Å². The molecule has 1 fully saturated rings. The molecule has 0 spiro atoms. The Morgan fingerprint density at radius 1 is 1.33 bits per heavy atom. The first-order valence-corrected chi connectivity index (χ1v) is 7.27. The fourth-order valence-electron chi connectivity index (χ4n) is 2.45. The summed E-state index contributed by atoms with van der Waals surface area (Å²) in [5.74, 6) is 0.647. The third-order valence-electron chi connectivity index (χ3n) is 3.40. The quantitative estimate of drug-likeness (QED) is 0.603. The van der Waals surface area contributed by atoms with Crippen molar-refractivity contribution in [2.75, 3.05) is 0 Å². The number of rotatable bonds is 2. The normalized spacial score (nSPS) is 23.2. The average Bonchev–Trinajstić information content (AvgIpc) is 3.01. The molecular formula is C14H15NO2S. The Bertz CT molecular complexity index is 496. The number of aliphatic imine (C=N–C) groups is 1. The first kappa shape index (κ1) is 11.7. The molecule has 1 saturated carbocycles. The number of hydrogen-bond acceptors (Lipinski definition) is 4. The topological polar surface area (TPSA) is 38.7 Å². The lowest BCUT2D eigenvalue weighted by Crippen LogP contribution is -2.07. The van der Waals surface area contributed by atoms with Crippen molar-refractivity contribution in [1.82, 2.24) is 0 Å². The minimum absolute atomic E-state index is 0.302. The Labute approximate surface area is 110 Å². The maximum absolute atomic E-state index is 11.8. The van der Waals surface area contributed by atoms with Crippen molar-refractivity contribution in [3.63, 3.8) is 0 Å². The molecule has 0 amide bonds. The lowest BCUT2D eigenvalue weighted by atomic mass is 9.89. The predicted molar refractivity (Wildman–Crippen MR) is 71.6 cm³/mol. The Kier molecular flexibility index (Phi) is 3.28. The molecule has 0 N–H and O–H groups in total. The second-order valence-electron chi connectivity index (χ2n) is 4.73. The number of nitrogens with zero attached hydrogens (tertiary/aromatic N) is 1. The van der Waals surface area contributed by atoms with Gasteiger partial charge in [0.1, 0.15) is 5.70 Å². The number of hydrogen-bond donors (Lipinski definition) is 0. The first-order chi connectivity index (χ1) is 8.83. The number of carbonyl (C=O) groups excluding carboxylic acids is 1. The zero-order chi connectivity index (χ0) is 12.4. The zero-order valence-electron chi connectivity index (χ0n) is 10.1. The van der Waals surface area contributed by atoms with Gasteiger partial charge >= 0.3 is 5.97 Å². The van der Waals surface area contributed by atoms with E-state index in [9.17, 15) is 4.79 Å². The van der Waals surface area contributed by atoms with Gasteiger partial charge in [-0.15, -0.1) is 11.3 Å². The molecule has 1 aromatic heterocycles. The summed E-state index contributed by atoms with van der Waals surface area (Å²) >= 11 is 1.54. The largest absolute Gasteiger partial charge is 0.401 e. The fraction of sp³-hybridized carbons (Fsp3) is 0.429. The summed E-state index contributed by atoms with van der Waals surface area (Å²) in [7, 11) is 0. The second-order valence-corrected chi connectivity index (χ2v) is 5.68. The van der Waals surface area contributed by atoms with Gasteiger partial charge < -0.3 is 4.74 Å². The molecule has 0 aromatic carbocycles. The van der Waals surface area contributed by atoms with Gasteiger partial charge in [0.05, 0.1) is 4.88 Å². The van der Waals surface area contributed by atoms with Crippen LogP contribution >= 0.6 is 11.3 Å². The van der Waals surface area contributed by atoms with Gasteiger partial charge in [-0.25, -0.2) is 9.79 Å². The molecule has 94 valence electrons. The van der Waals surface area contributed by atoms with Crippen LogP contribution in [-0.4, -0.2) is 11.9 Å². The minimum atomic E-state index is -0.302. The Morgan fingerprint density at radius 2 is 2.17 bits per heavy atom. The first-order valence-electron chi connectivity index (χ1n) is 6.39. The third kappa shape index (κ3) is 2.38. The Hall–Kier alpha value is -1.42. The summed E-state index contributed by atoms with van der Waals surface area (Å²) in [6.45, 7) is 0. The van der Waals surface area contributed by atoms with Crippen LogP contribution in [0.4, 0.5) is 0 Å². The molecule has 0 radical (unpaired) electrons. The molecule has 1 aromatic rings. The molecule has 0 atom stereocenters. The SMILES string of the molecule is O=C1OC(c2cccs2)=N/C1=C/C1CCCCC1.